The van der Waals surface area contributed by atoms with E-state index in [-0.39, 0.29) is 0 Å². The van der Waals surface area contributed by atoms with E-state index < -0.39 is 0 Å². The van der Waals surface area contributed by atoms with Gasteiger partial charge in [-0.2, -0.15) is 0 Å². The predicted molar refractivity (Wildman–Crippen MR) is 95.2 cm³/mol. The van der Waals surface area contributed by atoms with Crippen molar-refractivity contribution in [2.45, 2.75) is 6.92 Å². The summed E-state index contributed by atoms with van der Waals surface area (Å²) in [6, 6.07) is 13.2. The molecule has 0 aliphatic heterocycles. The second kappa shape index (κ2) is 6.25. The summed E-state index contributed by atoms with van der Waals surface area (Å²) >= 11 is 18.1. The molecule has 1 aromatic heterocycles. The minimum absolute atomic E-state index is 0.422. The van der Waals surface area contributed by atoms with E-state index in [1.54, 1.807) is 24.4 Å². The van der Waals surface area contributed by atoms with Gasteiger partial charge in [0.25, 0.3) is 0 Å². The highest BCUT2D eigenvalue weighted by molar-refractivity contribution is 6.42. The van der Waals surface area contributed by atoms with Gasteiger partial charge in [0.05, 0.1) is 21.2 Å². The standard InChI is InChI=1S/C17H11Cl3N2/c1-10-3-2-4-11-7-12(17(20)22-16(10)11)9-21-13-5-6-14(18)15(19)8-13/h2-9H,1H3. The van der Waals surface area contributed by atoms with Gasteiger partial charge in [0, 0.05) is 17.2 Å². The molecule has 0 saturated carbocycles. The largest absolute Gasteiger partial charge is 0.256 e. The van der Waals surface area contributed by atoms with Gasteiger partial charge in [-0.15, -0.1) is 0 Å². The van der Waals surface area contributed by atoms with Crippen LogP contribution in [0.4, 0.5) is 5.69 Å². The van der Waals surface area contributed by atoms with E-state index in [2.05, 4.69) is 9.98 Å². The summed E-state index contributed by atoms with van der Waals surface area (Å²) in [5.74, 6) is 0. The number of hydrogen-bond acceptors (Lipinski definition) is 2. The molecule has 0 bridgehead atoms. The second-order valence-corrected chi connectivity index (χ2v) is 6.04. The van der Waals surface area contributed by atoms with E-state index in [1.165, 1.54) is 0 Å². The zero-order valence-corrected chi connectivity index (χ0v) is 13.9. The van der Waals surface area contributed by atoms with Crippen molar-refractivity contribution < 1.29 is 0 Å². The van der Waals surface area contributed by atoms with Crippen molar-refractivity contribution in [3.63, 3.8) is 0 Å². The van der Waals surface area contributed by atoms with E-state index >= 15 is 0 Å². The molecule has 1 heterocycles. The van der Waals surface area contributed by atoms with Crippen molar-refractivity contribution in [2.75, 3.05) is 0 Å². The molecule has 2 aromatic carbocycles. The summed E-state index contributed by atoms with van der Waals surface area (Å²) in [6.45, 7) is 2.01. The van der Waals surface area contributed by atoms with Crippen LogP contribution in [0.5, 0.6) is 0 Å². The van der Waals surface area contributed by atoms with E-state index in [0.717, 1.165) is 22.0 Å². The first kappa shape index (κ1) is 15.3. The molecule has 0 amide bonds. The number of aryl methyl sites for hydroxylation is 1. The van der Waals surface area contributed by atoms with Gasteiger partial charge in [-0.1, -0.05) is 53.0 Å². The van der Waals surface area contributed by atoms with Crippen molar-refractivity contribution in [2.24, 2.45) is 4.99 Å². The van der Waals surface area contributed by atoms with Crippen LogP contribution in [-0.2, 0) is 0 Å². The predicted octanol–water partition coefficient (Wildman–Crippen LogP) is 6.25. The summed E-state index contributed by atoms with van der Waals surface area (Å²) < 4.78 is 0. The molecule has 3 aromatic rings. The van der Waals surface area contributed by atoms with Gasteiger partial charge in [-0.05, 0) is 36.8 Å². The molecule has 0 fully saturated rings. The highest BCUT2D eigenvalue weighted by Crippen LogP contribution is 2.27. The Morgan fingerprint density at radius 3 is 2.59 bits per heavy atom. The fraction of sp³-hybridized carbons (Fsp3) is 0.0588. The molecule has 0 unspecified atom stereocenters. The van der Waals surface area contributed by atoms with Gasteiger partial charge >= 0.3 is 0 Å². The van der Waals surface area contributed by atoms with E-state index in [4.69, 9.17) is 34.8 Å². The average molecular weight is 350 g/mol. The van der Waals surface area contributed by atoms with Crippen molar-refractivity contribution >= 4 is 57.6 Å². The molecule has 0 aliphatic rings. The summed E-state index contributed by atoms with van der Waals surface area (Å²) in [4.78, 5) is 8.82. The number of pyridine rings is 1. The number of aliphatic imine (C=N–C) groups is 1. The highest BCUT2D eigenvalue weighted by atomic mass is 35.5. The van der Waals surface area contributed by atoms with Gasteiger partial charge in [0.1, 0.15) is 5.15 Å². The molecule has 110 valence electrons. The van der Waals surface area contributed by atoms with Crippen LogP contribution in [0.25, 0.3) is 10.9 Å². The molecular weight excluding hydrogens is 339 g/mol. The van der Waals surface area contributed by atoms with Crippen LogP contribution in [0.1, 0.15) is 11.1 Å². The number of fused-ring (bicyclic) bond motifs is 1. The minimum atomic E-state index is 0.422. The van der Waals surface area contributed by atoms with Crippen LogP contribution >= 0.6 is 34.8 Å². The Balaban J connectivity index is 2.01. The number of halogens is 3. The number of para-hydroxylation sites is 1. The molecule has 22 heavy (non-hydrogen) atoms. The molecule has 0 spiro atoms. The number of aromatic nitrogens is 1. The first-order chi connectivity index (χ1) is 10.5. The van der Waals surface area contributed by atoms with Crippen molar-refractivity contribution in [3.05, 3.63) is 68.8 Å². The van der Waals surface area contributed by atoms with Crippen LogP contribution in [0.2, 0.25) is 15.2 Å². The number of hydrogen-bond donors (Lipinski definition) is 0. The smallest absolute Gasteiger partial charge is 0.138 e. The molecule has 5 heteroatoms. The van der Waals surface area contributed by atoms with Gasteiger partial charge in [0.2, 0.25) is 0 Å². The molecule has 0 radical (unpaired) electrons. The fourth-order valence-electron chi connectivity index (χ4n) is 2.14. The minimum Gasteiger partial charge on any atom is -0.256 e. The monoisotopic (exact) mass is 348 g/mol. The maximum Gasteiger partial charge on any atom is 0.138 e. The summed E-state index contributed by atoms with van der Waals surface area (Å²) in [7, 11) is 0. The molecule has 3 rings (SSSR count). The third kappa shape index (κ3) is 3.09. The van der Waals surface area contributed by atoms with E-state index in [9.17, 15) is 0 Å². The maximum atomic E-state index is 6.25. The van der Waals surface area contributed by atoms with Gasteiger partial charge in [0.15, 0.2) is 0 Å². The fourth-order valence-corrected chi connectivity index (χ4v) is 2.62. The van der Waals surface area contributed by atoms with Crippen LogP contribution in [0, 0.1) is 6.92 Å². The van der Waals surface area contributed by atoms with Gasteiger partial charge in [-0.3, -0.25) is 4.99 Å². The van der Waals surface area contributed by atoms with Crippen molar-refractivity contribution in [1.29, 1.82) is 0 Å². The maximum absolute atomic E-state index is 6.25. The van der Waals surface area contributed by atoms with Gasteiger partial charge in [-0.25, -0.2) is 4.98 Å². The van der Waals surface area contributed by atoms with Crippen molar-refractivity contribution in [1.82, 2.24) is 4.98 Å². The van der Waals surface area contributed by atoms with Crippen LogP contribution in [-0.4, -0.2) is 11.2 Å². The number of benzene rings is 2. The molecule has 0 N–H and O–H groups in total. The number of rotatable bonds is 2. The summed E-state index contributed by atoms with van der Waals surface area (Å²) in [6.07, 6.45) is 1.68. The summed E-state index contributed by atoms with van der Waals surface area (Å²) in [5, 5.41) is 2.42. The Morgan fingerprint density at radius 1 is 1.00 bits per heavy atom. The lowest BCUT2D eigenvalue weighted by molar-refractivity contribution is 1.36. The normalized spacial score (nSPS) is 11.5. The van der Waals surface area contributed by atoms with Gasteiger partial charge < -0.3 is 0 Å². The third-order valence-electron chi connectivity index (χ3n) is 3.28. The lowest BCUT2D eigenvalue weighted by Gasteiger charge is -2.04. The third-order valence-corrected chi connectivity index (χ3v) is 4.33. The Labute approximate surface area is 143 Å². The Hall–Kier alpha value is -1.61. The zero-order chi connectivity index (χ0) is 15.7. The molecule has 0 aliphatic carbocycles. The van der Waals surface area contributed by atoms with Crippen LogP contribution in [0.15, 0.2) is 47.5 Å². The molecule has 0 saturated heterocycles. The zero-order valence-electron chi connectivity index (χ0n) is 11.6. The molecular formula is C17H11Cl3N2. The number of nitrogens with zero attached hydrogens (tertiary/aromatic N) is 2. The molecule has 0 atom stereocenters. The topological polar surface area (TPSA) is 25.2 Å². The first-order valence-corrected chi connectivity index (χ1v) is 7.73. The molecule has 2 nitrogen and oxygen atoms in total. The average Bonchev–Trinajstić information content (AvgIpc) is 2.49. The quantitative estimate of drug-likeness (QED) is 0.396. The second-order valence-electron chi connectivity index (χ2n) is 4.87. The Kier molecular flexibility index (Phi) is 4.34. The highest BCUT2D eigenvalue weighted by Gasteiger charge is 2.05. The van der Waals surface area contributed by atoms with Crippen LogP contribution < -0.4 is 0 Å². The SMILES string of the molecule is Cc1cccc2cc(C=Nc3ccc(Cl)c(Cl)c3)c(Cl)nc12. The van der Waals surface area contributed by atoms with Crippen LogP contribution in [0.3, 0.4) is 0 Å². The summed E-state index contributed by atoms with van der Waals surface area (Å²) in [5.41, 5.74) is 3.45. The van der Waals surface area contributed by atoms with E-state index in [0.29, 0.717) is 20.9 Å². The Bertz CT molecular complexity index is 888. The first-order valence-electron chi connectivity index (χ1n) is 6.59. The lowest BCUT2D eigenvalue weighted by Crippen LogP contribution is -1.90. The Morgan fingerprint density at radius 2 is 1.82 bits per heavy atom. The van der Waals surface area contributed by atoms with Crippen molar-refractivity contribution in [3.8, 4) is 0 Å². The lowest BCUT2D eigenvalue weighted by atomic mass is 10.1. The van der Waals surface area contributed by atoms with E-state index in [1.807, 2.05) is 31.2 Å².